The van der Waals surface area contributed by atoms with Gasteiger partial charge in [0.05, 0.1) is 30.7 Å². The molecule has 9 nitrogen and oxygen atoms in total. The van der Waals surface area contributed by atoms with Crippen LogP contribution in [0.15, 0.2) is 113 Å². The lowest BCUT2D eigenvalue weighted by Gasteiger charge is -2.15. The van der Waals surface area contributed by atoms with Gasteiger partial charge in [-0.3, -0.25) is 4.79 Å². The van der Waals surface area contributed by atoms with Gasteiger partial charge in [0.25, 0.3) is 5.90 Å². The molecule has 0 aromatic heterocycles. The Hall–Kier alpha value is -4.70. The smallest absolute Gasteiger partial charge is 0.344 e. The van der Waals surface area contributed by atoms with Crippen LogP contribution in [0.2, 0.25) is 5.02 Å². The number of carbonyl (C=O) groups is 2. The van der Waals surface area contributed by atoms with Crippen LogP contribution in [-0.4, -0.2) is 38.7 Å². The zero-order valence-electron chi connectivity index (χ0n) is 28.7. The molecule has 0 saturated heterocycles. The highest BCUT2D eigenvalue weighted by Crippen LogP contribution is 2.60. The molecule has 51 heavy (non-hydrogen) atoms. The fourth-order valence-electron chi connectivity index (χ4n) is 5.21. The maximum absolute atomic E-state index is 12.4. The fraction of sp³-hybridized carbons (Fsp3) is 0.256. The van der Waals surface area contributed by atoms with Crippen molar-refractivity contribution in [3.8, 4) is 23.0 Å². The summed E-state index contributed by atoms with van der Waals surface area (Å²) in [6.07, 6.45) is 1.71. The SMILES string of the molecule is CC1(C)C(C=C(Cl)Cl)C1C(=O)OCc1cccc(Oc2ccccc2)c1.CCO/N=C(\OC(=O)c1ccccc1)c1c(OC)ccc(Cl)c1OC. The van der Waals surface area contributed by atoms with Crippen molar-refractivity contribution in [1.82, 2.24) is 0 Å². The predicted molar refractivity (Wildman–Crippen MR) is 198 cm³/mol. The number of allylic oxidation sites excluding steroid dienone is 1. The Bertz CT molecular complexity index is 1840. The molecule has 0 aliphatic heterocycles. The summed E-state index contributed by atoms with van der Waals surface area (Å²) in [6.45, 7) is 6.25. The summed E-state index contributed by atoms with van der Waals surface area (Å²) < 4.78 is 27.6. The topological polar surface area (TPSA) is 102 Å². The maximum atomic E-state index is 12.4. The quantitative estimate of drug-likeness (QED) is 0.0610. The van der Waals surface area contributed by atoms with Crippen molar-refractivity contribution in [2.45, 2.75) is 27.4 Å². The van der Waals surface area contributed by atoms with E-state index in [4.69, 9.17) is 63.3 Å². The number of ether oxygens (including phenoxy) is 5. The summed E-state index contributed by atoms with van der Waals surface area (Å²) in [5.74, 6) is 0.947. The van der Waals surface area contributed by atoms with Gasteiger partial charge >= 0.3 is 11.9 Å². The van der Waals surface area contributed by atoms with Gasteiger partial charge in [-0.15, -0.1) is 0 Å². The molecule has 0 heterocycles. The number of halogens is 3. The Morgan fingerprint density at radius 2 is 1.53 bits per heavy atom. The average Bonchev–Trinajstić information content (AvgIpc) is 3.67. The van der Waals surface area contributed by atoms with Crippen molar-refractivity contribution in [3.05, 3.63) is 129 Å². The van der Waals surface area contributed by atoms with Crippen molar-refractivity contribution >= 4 is 52.6 Å². The van der Waals surface area contributed by atoms with Crippen LogP contribution >= 0.6 is 34.8 Å². The molecule has 2 atom stereocenters. The van der Waals surface area contributed by atoms with E-state index in [1.807, 2.05) is 68.4 Å². The number of esters is 2. The van der Waals surface area contributed by atoms with Gasteiger partial charge in [0.1, 0.15) is 40.5 Å². The summed E-state index contributed by atoms with van der Waals surface area (Å²) in [4.78, 5) is 29.9. The van der Waals surface area contributed by atoms with Crippen LogP contribution in [0.5, 0.6) is 23.0 Å². The number of rotatable bonds is 12. The van der Waals surface area contributed by atoms with Gasteiger partial charge in [-0.25, -0.2) is 4.79 Å². The number of hydrogen-bond donors (Lipinski definition) is 0. The standard InChI is InChI=1S/C21H20Cl2O3.C18H18ClNO5/c1-21(2)17(12-18(22)23)19(21)20(24)25-13-14-7-6-10-16(11-14)26-15-8-4-3-5-9-15;1-4-24-20-17(25-18(21)12-8-6-5-7-9-12)15-14(22-2)11-10-13(19)16(15)23-3/h3-12,17,19H,13H2,1-2H3;5-11H,4H2,1-3H3/b;20-17-. The largest absolute Gasteiger partial charge is 0.496 e. The second-order valence-corrected chi connectivity index (χ2v) is 13.1. The first-order valence-corrected chi connectivity index (χ1v) is 17.0. The van der Waals surface area contributed by atoms with Gasteiger partial charge in [0.15, 0.2) is 5.75 Å². The molecule has 4 aromatic rings. The van der Waals surface area contributed by atoms with Crippen molar-refractivity contribution in [2.75, 3.05) is 20.8 Å². The Morgan fingerprint density at radius 3 is 2.16 bits per heavy atom. The van der Waals surface area contributed by atoms with Crippen LogP contribution in [0.3, 0.4) is 0 Å². The minimum atomic E-state index is -0.594. The van der Waals surface area contributed by atoms with E-state index in [2.05, 4.69) is 5.16 Å². The van der Waals surface area contributed by atoms with Crippen LogP contribution < -0.4 is 14.2 Å². The predicted octanol–water partition coefficient (Wildman–Crippen LogP) is 10.0. The van der Waals surface area contributed by atoms with Gasteiger partial charge in [-0.2, -0.15) is 0 Å². The number of oxime groups is 1. The minimum absolute atomic E-state index is 0.00717. The Labute approximate surface area is 312 Å². The molecule has 1 saturated carbocycles. The van der Waals surface area contributed by atoms with Crippen LogP contribution in [0, 0.1) is 17.3 Å². The zero-order chi connectivity index (χ0) is 37.0. The number of carbonyl (C=O) groups excluding carboxylic acids is 2. The molecule has 268 valence electrons. The molecule has 0 spiro atoms. The molecule has 0 amide bonds. The van der Waals surface area contributed by atoms with E-state index in [0.717, 1.165) is 11.3 Å². The van der Waals surface area contributed by atoms with E-state index in [1.54, 1.807) is 55.5 Å². The summed E-state index contributed by atoms with van der Waals surface area (Å²) in [6, 6.07) is 28.8. The second kappa shape index (κ2) is 18.5. The van der Waals surface area contributed by atoms with E-state index >= 15 is 0 Å². The lowest BCUT2D eigenvalue weighted by Crippen LogP contribution is -2.16. The molecule has 0 N–H and O–H groups in total. The van der Waals surface area contributed by atoms with E-state index in [0.29, 0.717) is 22.1 Å². The number of benzene rings is 4. The van der Waals surface area contributed by atoms with Crippen LogP contribution in [0.1, 0.15) is 42.3 Å². The molecule has 2 unspecified atom stereocenters. The third kappa shape index (κ3) is 10.7. The van der Waals surface area contributed by atoms with Gasteiger partial charge in [0, 0.05) is 0 Å². The second-order valence-electron chi connectivity index (χ2n) is 11.7. The van der Waals surface area contributed by atoms with E-state index in [-0.39, 0.29) is 58.1 Å². The van der Waals surface area contributed by atoms with Crippen molar-refractivity contribution < 1.29 is 38.1 Å². The first-order chi connectivity index (χ1) is 24.5. The number of hydrogen-bond acceptors (Lipinski definition) is 9. The molecular weight excluding hydrogens is 717 g/mol. The van der Waals surface area contributed by atoms with Gasteiger partial charge in [0.2, 0.25) is 0 Å². The van der Waals surface area contributed by atoms with E-state index in [1.165, 1.54) is 14.2 Å². The number of para-hydroxylation sites is 1. The summed E-state index contributed by atoms with van der Waals surface area (Å²) >= 11 is 17.6. The van der Waals surface area contributed by atoms with Gasteiger partial charge < -0.3 is 28.5 Å². The molecule has 1 fully saturated rings. The summed E-state index contributed by atoms with van der Waals surface area (Å²) in [7, 11) is 2.92. The molecule has 0 bridgehead atoms. The normalized spacial score (nSPS) is 15.6. The van der Waals surface area contributed by atoms with E-state index in [9.17, 15) is 9.59 Å². The molecular formula is C39H38Cl3NO8. The van der Waals surface area contributed by atoms with Crippen LogP contribution in [0.4, 0.5) is 0 Å². The van der Waals surface area contributed by atoms with Crippen LogP contribution in [-0.2, 0) is 25.7 Å². The van der Waals surface area contributed by atoms with Gasteiger partial charge in [-0.1, -0.05) is 97.2 Å². The number of nitrogens with zero attached hydrogens (tertiary/aromatic N) is 1. The highest BCUT2D eigenvalue weighted by molar-refractivity contribution is 6.55. The van der Waals surface area contributed by atoms with Crippen LogP contribution in [0.25, 0.3) is 0 Å². The van der Waals surface area contributed by atoms with Crippen molar-refractivity contribution in [1.29, 1.82) is 0 Å². The van der Waals surface area contributed by atoms with E-state index < -0.39 is 5.97 Å². The van der Waals surface area contributed by atoms with Crippen molar-refractivity contribution in [3.63, 3.8) is 0 Å². The Balaban J connectivity index is 0.000000229. The Morgan fingerprint density at radius 1 is 0.863 bits per heavy atom. The van der Waals surface area contributed by atoms with Gasteiger partial charge in [-0.05, 0) is 83.6 Å². The molecule has 1 aliphatic carbocycles. The summed E-state index contributed by atoms with van der Waals surface area (Å²) in [5.41, 5.74) is 1.33. The lowest BCUT2D eigenvalue weighted by molar-refractivity contribution is -0.147. The van der Waals surface area contributed by atoms with Crippen molar-refractivity contribution in [2.24, 2.45) is 22.4 Å². The third-order valence-electron chi connectivity index (χ3n) is 7.91. The molecule has 0 radical (unpaired) electrons. The minimum Gasteiger partial charge on any atom is -0.496 e. The lowest BCUT2D eigenvalue weighted by atomic mass is 10.1. The molecule has 1 aliphatic rings. The zero-order valence-corrected chi connectivity index (χ0v) is 31.0. The monoisotopic (exact) mass is 753 g/mol. The third-order valence-corrected chi connectivity index (χ3v) is 8.46. The maximum Gasteiger partial charge on any atom is 0.344 e. The number of methoxy groups -OCH3 is 2. The molecule has 5 rings (SSSR count). The first-order valence-electron chi connectivity index (χ1n) is 15.9. The Kier molecular flexibility index (Phi) is 14.2. The fourth-order valence-corrected chi connectivity index (χ4v) is 5.72. The molecule has 4 aromatic carbocycles. The summed E-state index contributed by atoms with van der Waals surface area (Å²) in [5, 5.41) is 4.21. The molecule has 12 heteroatoms. The highest BCUT2D eigenvalue weighted by atomic mass is 35.5. The highest BCUT2D eigenvalue weighted by Gasteiger charge is 2.61. The first kappa shape index (κ1) is 39.1. The average molecular weight is 755 g/mol.